The highest BCUT2D eigenvalue weighted by atomic mass is 19.4. The first-order valence-corrected chi connectivity index (χ1v) is 3.54. The van der Waals surface area contributed by atoms with Crippen molar-refractivity contribution in [3.63, 3.8) is 0 Å². The molecule has 0 unspecified atom stereocenters. The third-order valence-electron chi connectivity index (χ3n) is 1.55. The third kappa shape index (κ3) is 2.11. The number of methoxy groups -OCH3 is 1. The quantitative estimate of drug-likeness (QED) is 0.680. The summed E-state index contributed by atoms with van der Waals surface area (Å²) in [6.45, 7) is 1.36. The van der Waals surface area contributed by atoms with Gasteiger partial charge in [0, 0.05) is 6.07 Å². The Morgan fingerprint density at radius 3 is 2.38 bits per heavy atom. The van der Waals surface area contributed by atoms with Crippen LogP contribution in [-0.4, -0.2) is 12.1 Å². The van der Waals surface area contributed by atoms with Gasteiger partial charge in [0.2, 0.25) is 5.88 Å². The minimum atomic E-state index is -4.42. The number of ether oxygens (including phenoxy) is 1. The smallest absolute Gasteiger partial charge is 0.433 e. The van der Waals surface area contributed by atoms with Crippen molar-refractivity contribution in [3.05, 3.63) is 23.4 Å². The molecule has 0 bridgehead atoms. The lowest BCUT2D eigenvalue weighted by Crippen LogP contribution is -2.10. The van der Waals surface area contributed by atoms with E-state index in [1.807, 2.05) is 0 Å². The molecule has 0 fully saturated rings. The third-order valence-corrected chi connectivity index (χ3v) is 1.55. The van der Waals surface area contributed by atoms with Gasteiger partial charge in [0.1, 0.15) is 0 Å². The number of pyridine rings is 1. The molecule has 0 radical (unpaired) electrons. The van der Waals surface area contributed by atoms with Crippen LogP contribution in [0.4, 0.5) is 13.2 Å². The predicted octanol–water partition coefficient (Wildman–Crippen LogP) is 2.42. The summed E-state index contributed by atoms with van der Waals surface area (Å²) in [4.78, 5) is 3.31. The molecule has 0 atom stereocenters. The number of hydrogen-bond donors (Lipinski definition) is 0. The molecule has 0 aliphatic rings. The molecule has 1 heterocycles. The van der Waals surface area contributed by atoms with E-state index in [-0.39, 0.29) is 11.4 Å². The number of nitrogens with zero attached hydrogens (tertiary/aromatic N) is 1. The first-order valence-electron chi connectivity index (χ1n) is 3.54. The topological polar surface area (TPSA) is 22.1 Å². The van der Waals surface area contributed by atoms with Crippen LogP contribution < -0.4 is 4.74 Å². The standard InChI is InChI=1S/C8H8F3NO/c1-5-3-4-6(13-2)12-7(5)8(9,10)11/h3-4H,1-2H3. The maximum atomic E-state index is 12.2. The SMILES string of the molecule is COc1ccc(C)c(C(F)(F)F)n1. The molecular formula is C8H8F3NO. The number of hydrogen-bond acceptors (Lipinski definition) is 2. The van der Waals surface area contributed by atoms with E-state index in [2.05, 4.69) is 9.72 Å². The van der Waals surface area contributed by atoms with Gasteiger partial charge in [-0.15, -0.1) is 0 Å². The molecule has 72 valence electrons. The van der Waals surface area contributed by atoms with Crippen LogP contribution in [0.25, 0.3) is 0 Å². The monoisotopic (exact) mass is 191 g/mol. The first-order chi connectivity index (χ1) is 5.95. The molecule has 13 heavy (non-hydrogen) atoms. The molecule has 0 saturated carbocycles. The zero-order valence-electron chi connectivity index (χ0n) is 7.14. The van der Waals surface area contributed by atoms with E-state index >= 15 is 0 Å². The minimum Gasteiger partial charge on any atom is -0.481 e. The van der Waals surface area contributed by atoms with E-state index < -0.39 is 11.9 Å². The summed E-state index contributed by atoms with van der Waals surface area (Å²) >= 11 is 0. The van der Waals surface area contributed by atoms with Crippen LogP contribution in [0.2, 0.25) is 0 Å². The van der Waals surface area contributed by atoms with Crippen LogP contribution in [0.15, 0.2) is 12.1 Å². The van der Waals surface area contributed by atoms with Gasteiger partial charge >= 0.3 is 6.18 Å². The summed E-state index contributed by atoms with van der Waals surface area (Å²) in [5.41, 5.74) is -0.805. The Hall–Kier alpha value is -1.26. The van der Waals surface area contributed by atoms with E-state index in [4.69, 9.17) is 0 Å². The van der Waals surface area contributed by atoms with Crippen LogP contribution in [-0.2, 0) is 6.18 Å². The molecule has 0 aliphatic heterocycles. The Morgan fingerprint density at radius 1 is 1.31 bits per heavy atom. The van der Waals surface area contributed by atoms with Crippen LogP contribution in [0.3, 0.4) is 0 Å². The van der Waals surface area contributed by atoms with Gasteiger partial charge < -0.3 is 4.74 Å². The van der Waals surface area contributed by atoms with Crippen LogP contribution in [0, 0.1) is 6.92 Å². The number of aromatic nitrogens is 1. The van der Waals surface area contributed by atoms with Crippen molar-refractivity contribution in [2.45, 2.75) is 13.1 Å². The Kier molecular flexibility index (Phi) is 2.45. The lowest BCUT2D eigenvalue weighted by atomic mass is 10.2. The fourth-order valence-corrected chi connectivity index (χ4v) is 0.912. The molecule has 2 nitrogen and oxygen atoms in total. The summed E-state index contributed by atoms with van der Waals surface area (Å²) in [7, 11) is 1.28. The molecule has 0 spiro atoms. The molecule has 1 aromatic heterocycles. The first kappa shape index (κ1) is 9.83. The highest BCUT2D eigenvalue weighted by Crippen LogP contribution is 2.31. The van der Waals surface area contributed by atoms with Gasteiger partial charge in [0.05, 0.1) is 7.11 Å². The van der Waals surface area contributed by atoms with Crippen LogP contribution >= 0.6 is 0 Å². The van der Waals surface area contributed by atoms with E-state index in [1.54, 1.807) is 0 Å². The van der Waals surface area contributed by atoms with Gasteiger partial charge in [-0.25, -0.2) is 4.98 Å². The Balaban J connectivity index is 3.19. The number of halogens is 3. The Labute approximate surface area is 73.4 Å². The zero-order valence-corrected chi connectivity index (χ0v) is 7.14. The maximum Gasteiger partial charge on any atom is 0.433 e. The highest BCUT2D eigenvalue weighted by molar-refractivity contribution is 5.26. The lowest BCUT2D eigenvalue weighted by Gasteiger charge is -2.09. The number of alkyl halides is 3. The van der Waals surface area contributed by atoms with Crippen molar-refractivity contribution in [3.8, 4) is 5.88 Å². The average Bonchev–Trinajstić information content (AvgIpc) is 2.03. The van der Waals surface area contributed by atoms with Crippen molar-refractivity contribution in [1.82, 2.24) is 4.98 Å². The molecule has 5 heteroatoms. The second kappa shape index (κ2) is 3.24. The Bertz CT molecular complexity index is 309. The normalized spacial score (nSPS) is 11.5. The van der Waals surface area contributed by atoms with Gasteiger partial charge in [-0.05, 0) is 12.5 Å². The summed E-state index contributed by atoms with van der Waals surface area (Å²) in [5.74, 6) is -0.0297. The second-order valence-corrected chi connectivity index (χ2v) is 2.52. The molecule has 0 N–H and O–H groups in total. The fraction of sp³-hybridized carbons (Fsp3) is 0.375. The molecular weight excluding hydrogens is 183 g/mol. The molecule has 1 rings (SSSR count). The lowest BCUT2D eigenvalue weighted by molar-refractivity contribution is -0.141. The Morgan fingerprint density at radius 2 is 1.92 bits per heavy atom. The molecule has 1 aromatic rings. The van der Waals surface area contributed by atoms with Crippen molar-refractivity contribution in [1.29, 1.82) is 0 Å². The van der Waals surface area contributed by atoms with Crippen LogP contribution in [0.1, 0.15) is 11.3 Å². The summed E-state index contributed by atoms with van der Waals surface area (Å²) < 4.78 is 41.3. The zero-order chi connectivity index (χ0) is 10.1. The maximum absolute atomic E-state index is 12.2. The molecule has 0 amide bonds. The van der Waals surface area contributed by atoms with E-state index in [0.29, 0.717) is 0 Å². The minimum absolute atomic E-state index is 0.0297. The molecule has 0 aliphatic carbocycles. The van der Waals surface area contributed by atoms with Gasteiger partial charge in [-0.2, -0.15) is 13.2 Å². The summed E-state index contributed by atoms with van der Waals surface area (Å²) in [6.07, 6.45) is -4.42. The van der Waals surface area contributed by atoms with Crippen molar-refractivity contribution in [2.24, 2.45) is 0 Å². The molecule has 0 aromatic carbocycles. The van der Waals surface area contributed by atoms with Gasteiger partial charge in [0.25, 0.3) is 0 Å². The van der Waals surface area contributed by atoms with E-state index in [0.717, 1.165) is 0 Å². The second-order valence-electron chi connectivity index (χ2n) is 2.52. The average molecular weight is 191 g/mol. The molecule has 0 saturated heterocycles. The van der Waals surface area contributed by atoms with E-state index in [1.165, 1.54) is 26.2 Å². The predicted molar refractivity (Wildman–Crippen MR) is 40.5 cm³/mol. The summed E-state index contributed by atoms with van der Waals surface area (Å²) in [6, 6.07) is 2.72. The van der Waals surface area contributed by atoms with Crippen molar-refractivity contribution in [2.75, 3.05) is 7.11 Å². The van der Waals surface area contributed by atoms with Gasteiger partial charge in [0.15, 0.2) is 5.69 Å². The van der Waals surface area contributed by atoms with Crippen LogP contribution in [0.5, 0.6) is 5.88 Å². The number of rotatable bonds is 1. The van der Waals surface area contributed by atoms with E-state index in [9.17, 15) is 13.2 Å². The largest absolute Gasteiger partial charge is 0.481 e. The van der Waals surface area contributed by atoms with Crippen molar-refractivity contribution < 1.29 is 17.9 Å². The number of aryl methyl sites for hydroxylation is 1. The summed E-state index contributed by atoms with van der Waals surface area (Å²) in [5, 5.41) is 0. The van der Waals surface area contributed by atoms with Crippen molar-refractivity contribution >= 4 is 0 Å². The fourth-order valence-electron chi connectivity index (χ4n) is 0.912. The van der Waals surface area contributed by atoms with Gasteiger partial charge in [-0.3, -0.25) is 0 Å². The van der Waals surface area contributed by atoms with Gasteiger partial charge in [-0.1, -0.05) is 6.07 Å². The highest BCUT2D eigenvalue weighted by Gasteiger charge is 2.34.